The zero-order chi connectivity index (χ0) is 14.1. The molecule has 0 atom stereocenters. The molecule has 0 unspecified atom stereocenters. The normalized spacial score (nSPS) is 12.6. The smallest absolute Gasteiger partial charge is 0.134 e. The van der Waals surface area contributed by atoms with Gasteiger partial charge >= 0.3 is 0 Å². The fourth-order valence-corrected chi connectivity index (χ4v) is 2.05. The van der Waals surface area contributed by atoms with Gasteiger partial charge in [0.15, 0.2) is 0 Å². The highest BCUT2D eigenvalue weighted by Gasteiger charge is 2.29. The van der Waals surface area contributed by atoms with E-state index in [0.29, 0.717) is 18.1 Å². The van der Waals surface area contributed by atoms with E-state index in [2.05, 4.69) is 47.6 Å². The predicted octanol–water partition coefficient (Wildman–Crippen LogP) is 4.19. The Labute approximate surface area is 111 Å². The van der Waals surface area contributed by atoms with E-state index in [1.807, 2.05) is 13.0 Å². The van der Waals surface area contributed by atoms with Crippen LogP contribution < -0.4 is 4.74 Å². The summed E-state index contributed by atoms with van der Waals surface area (Å²) in [4.78, 5) is 0. The van der Waals surface area contributed by atoms with Gasteiger partial charge in [0.2, 0.25) is 0 Å². The van der Waals surface area contributed by atoms with Crippen molar-refractivity contribution < 1.29 is 9.84 Å². The van der Waals surface area contributed by atoms with E-state index < -0.39 is 0 Å². The lowest BCUT2D eigenvalue weighted by molar-refractivity contribution is 0.321. The Morgan fingerprint density at radius 3 is 2.06 bits per heavy atom. The van der Waals surface area contributed by atoms with E-state index in [9.17, 15) is 5.11 Å². The van der Waals surface area contributed by atoms with Crippen LogP contribution in [0.15, 0.2) is 6.07 Å². The van der Waals surface area contributed by atoms with Gasteiger partial charge in [-0.3, -0.25) is 0 Å². The molecular weight excluding hydrogens is 224 g/mol. The minimum absolute atomic E-state index is 0.106. The quantitative estimate of drug-likeness (QED) is 0.851. The van der Waals surface area contributed by atoms with Crippen LogP contribution in [-0.2, 0) is 10.8 Å². The minimum Gasteiger partial charge on any atom is -0.507 e. The molecule has 0 aliphatic carbocycles. The van der Waals surface area contributed by atoms with Gasteiger partial charge < -0.3 is 9.84 Å². The van der Waals surface area contributed by atoms with Crippen LogP contribution >= 0.6 is 0 Å². The molecule has 0 saturated heterocycles. The van der Waals surface area contributed by atoms with E-state index in [1.165, 1.54) is 0 Å². The van der Waals surface area contributed by atoms with Crippen LogP contribution in [0.1, 0.15) is 59.6 Å². The lowest BCUT2D eigenvalue weighted by Gasteiger charge is -2.28. The number of benzene rings is 1. The highest BCUT2D eigenvalue weighted by atomic mass is 16.5. The Morgan fingerprint density at radius 1 is 1.11 bits per heavy atom. The summed E-state index contributed by atoms with van der Waals surface area (Å²) in [6.45, 7) is 15.0. The van der Waals surface area contributed by atoms with E-state index in [4.69, 9.17) is 4.74 Å². The maximum absolute atomic E-state index is 10.6. The van der Waals surface area contributed by atoms with Gasteiger partial charge in [-0.25, -0.2) is 0 Å². The first-order valence-electron chi connectivity index (χ1n) is 6.50. The fraction of sp³-hybridized carbons (Fsp3) is 0.625. The predicted molar refractivity (Wildman–Crippen MR) is 75.5 cm³/mol. The van der Waals surface area contributed by atoms with Crippen molar-refractivity contribution in [1.29, 1.82) is 0 Å². The molecule has 0 heterocycles. The lowest BCUT2D eigenvalue weighted by atomic mass is 9.79. The maximum atomic E-state index is 10.6. The van der Waals surface area contributed by atoms with Crippen molar-refractivity contribution in [3.05, 3.63) is 23.3 Å². The molecule has 1 N–H and O–H groups in total. The van der Waals surface area contributed by atoms with Crippen LogP contribution in [0.3, 0.4) is 0 Å². The first-order valence-corrected chi connectivity index (χ1v) is 6.50. The lowest BCUT2D eigenvalue weighted by Crippen LogP contribution is -2.18. The van der Waals surface area contributed by atoms with Gasteiger partial charge in [-0.15, -0.1) is 0 Å². The highest BCUT2D eigenvalue weighted by molar-refractivity contribution is 5.54. The first-order chi connectivity index (χ1) is 8.09. The second kappa shape index (κ2) is 4.83. The fourth-order valence-electron chi connectivity index (χ4n) is 2.05. The molecule has 101 valence electrons. The highest BCUT2D eigenvalue weighted by Crippen LogP contribution is 2.43. The summed E-state index contributed by atoms with van der Waals surface area (Å²) >= 11 is 0. The van der Waals surface area contributed by atoms with Gasteiger partial charge in [0.25, 0.3) is 0 Å². The van der Waals surface area contributed by atoms with Gasteiger partial charge in [-0.2, -0.15) is 0 Å². The molecule has 0 saturated carbocycles. The van der Waals surface area contributed by atoms with E-state index in [-0.39, 0.29) is 10.8 Å². The third-order valence-corrected chi connectivity index (χ3v) is 2.91. The minimum atomic E-state index is -0.174. The van der Waals surface area contributed by atoms with E-state index in [1.54, 1.807) is 0 Å². The van der Waals surface area contributed by atoms with Gasteiger partial charge in [-0.1, -0.05) is 41.5 Å². The molecule has 1 aromatic carbocycles. The monoisotopic (exact) mass is 249 g/mol. The molecule has 0 bridgehead atoms. The average molecular weight is 249 g/mol. The molecule has 2 nitrogen and oxygen atoms in total. The number of hydrogen-bond acceptors (Lipinski definition) is 2. The molecule has 0 aliphatic heterocycles. The third kappa shape index (κ3) is 2.98. The second-order valence-corrected chi connectivity index (χ2v) is 6.69. The van der Waals surface area contributed by atoms with Crippen molar-refractivity contribution in [1.82, 2.24) is 0 Å². The zero-order valence-electron chi connectivity index (χ0n) is 12.6. The van der Waals surface area contributed by atoms with Crippen molar-refractivity contribution >= 4 is 0 Å². The SMILES string of the molecule is CCOc1[c]cc(C(C)(C)C)c(O)c1C(C)(C)C. The summed E-state index contributed by atoms with van der Waals surface area (Å²) in [5.41, 5.74) is 1.48. The van der Waals surface area contributed by atoms with Crippen molar-refractivity contribution in [2.24, 2.45) is 0 Å². The summed E-state index contributed by atoms with van der Waals surface area (Å²) < 4.78 is 5.60. The number of aromatic hydroxyl groups is 1. The Morgan fingerprint density at radius 2 is 1.67 bits per heavy atom. The average Bonchev–Trinajstić information content (AvgIpc) is 2.13. The van der Waals surface area contributed by atoms with Gasteiger partial charge in [0.05, 0.1) is 6.61 Å². The van der Waals surface area contributed by atoms with Crippen LogP contribution in [0.25, 0.3) is 0 Å². The number of hydrogen-bond donors (Lipinski definition) is 1. The molecule has 0 aromatic heterocycles. The molecule has 1 radical (unpaired) electrons. The topological polar surface area (TPSA) is 29.5 Å². The standard InChI is InChI=1S/C16H25O2/c1-8-18-12-10-9-11(15(2,3)4)14(17)13(12)16(5,6)7/h9,17H,8H2,1-7H3. The maximum Gasteiger partial charge on any atom is 0.134 e. The van der Waals surface area contributed by atoms with Gasteiger partial charge in [0.1, 0.15) is 11.5 Å². The van der Waals surface area contributed by atoms with Crippen molar-refractivity contribution in [3.63, 3.8) is 0 Å². The zero-order valence-corrected chi connectivity index (χ0v) is 12.6. The summed E-state index contributed by atoms with van der Waals surface area (Å²) in [7, 11) is 0. The van der Waals surface area contributed by atoms with Crippen LogP contribution in [0, 0.1) is 6.07 Å². The van der Waals surface area contributed by atoms with E-state index >= 15 is 0 Å². The number of ether oxygens (including phenoxy) is 1. The number of phenols is 1. The van der Waals surface area contributed by atoms with Crippen LogP contribution in [0.2, 0.25) is 0 Å². The summed E-state index contributed by atoms with van der Waals surface area (Å²) in [5.74, 6) is 1.01. The van der Waals surface area contributed by atoms with Crippen LogP contribution in [0.5, 0.6) is 11.5 Å². The molecule has 0 spiro atoms. The summed E-state index contributed by atoms with van der Waals surface area (Å²) in [6.07, 6.45) is 0. The summed E-state index contributed by atoms with van der Waals surface area (Å²) in [6, 6.07) is 5.02. The molecule has 2 heteroatoms. The van der Waals surface area contributed by atoms with Gasteiger partial charge in [-0.05, 0) is 23.8 Å². The molecular formula is C16H25O2. The molecule has 18 heavy (non-hydrogen) atoms. The van der Waals surface area contributed by atoms with Gasteiger partial charge in [0, 0.05) is 17.2 Å². The van der Waals surface area contributed by atoms with Crippen LogP contribution in [0.4, 0.5) is 0 Å². The molecule has 0 aliphatic rings. The Hall–Kier alpha value is -1.18. The third-order valence-electron chi connectivity index (χ3n) is 2.91. The van der Waals surface area contributed by atoms with Crippen LogP contribution in [-0.4, -0.2) is 11.7 Å². The molecule has 1 aromatic rings. The second-order valence-electron chi connectivity index (χ2n) is 6.69. The Kier molecular flexibility index (Phi) is 3.99. The molecule has 0 fully saturated rings. The Balaban J connectivity index is 3.51. The summed E-state index contributed by atoms with van der Waals surface area (Å²) in [5, 5.41) is 10.6. The molecule has 1 rings (SSSR count). The number of rotatable bonds is 2. The number of phenolic OH excluding ortho intramolecular Hbond substituents is 1. The largest absolute Gasteiger partial charge is 0.507 e. The van der Waals surface area contributed by atoms with Crippen molar-refractivity contribution in [2.75, 3.05) is 6.61 Å². The van der Waals surface area contributed by atoms with E-state index in [0.717, 1.165) is 11.1 Å². The van der Waals surface area contributed by atoms with Crippen molar-refractivity contribution in [3.8, 4) is 11.5 Å². The van der Waals surface area contributed by atoms with Crippen molar-refractivity contribution in [2.45, 2.75) is 59.3 Å². The molecule has 0 amide bonds. The Bertz CT molecular complexity index is 420. The first kappa shape index (κ1) is 14.9.